The van der Waals surface area contributed by atoms with Gasteiger partial charge in [-0.2, -0.15) is 0 Å². The molecule has 0 aliphatic carbocycles. The van der Waals surface area contributed by atoms with Crippen molar-refractivity contribution in [3.05, 3.63) is 57.9 Å². The van der Waals surface area contributed by atoms with Crippen LogP contribution in [0.15, 0.2) is 51.7 Å². The second-order valence-corrected chi connectivity index (χ2v) is 6.39. The molecule has 0 bridgehead atoms. The molecule has 1 N–H and O–H groups in total. The standard InChI is InChI=1S/C19H14ClNO4/c20-16-9-12(21-7-1-2-18(21)23)8-15-14(16)10-17(25-19(15)24)11-3-5-13(22)6-4-11/h3-6,8-10,22H,1-2,7H2. The minimum Gasteiger partial charge on any atom is -0.508 e. The van der Waals surface area contributed by atoms with E-state index in [0.29, 0.717) is 45.8 Å². The van der Waals surface area contributed by atoms with Gasteiger partial charge in [-0.15, -0.1) is 0 Å². The molecule has 6 heteroatoms. The number of hydrogen-bond donors (Lipinski definition) is 1. The van der Waals surface area contributed by atoms with E-state index in [0.717, 1.165) is 6.42 Å². The van der Waals surface area contributed by atoms with Crippen LogP contribution >= 0.6 is 11.6 Å². The van der Waals surface area contributed by atoms with Gasteiger partial charge in [0.15, 0.2) is 0 Å². The molecule has 1 aliphatic rings. The zero-order valence-electron chi connectivity index (χ0n) is 13.2. The average molecular weight is 356 g/mol. The summed E-state index contributed by atoms with van der Waals surface area (Å²) in [6.45, 7) is 0.623. The lowest BCUT2D eigenvalue weighted by Crippen LogP contribution is -2.23. The minimum absolute atomic E-state index is 0.0283. The lowest BCUT2D eigenvalue weighted by atomic mass is 10.1. The highest BCUT2D eigenvalue weighted by Gasteiger charge is 2.23. The first kappa shape index (κ1) is 15.7. The van der Waals surface area contributed by atoms with Crippen molar-refractivity contribution in [3.63, 3.8) is 0 Å². The normalized spacial score (nSPS) is 14.4. The van der Waals surface area contributed by atoms with Gasteiger partial charge in [0, 0.05) is 29.6 Å². The van der Waals surface area contributed by atoms with Crippen molar-refractivity contribution in [2.45, 2.75) is 12.8 Å². The fraction of sp³-hybridized carbons (Fsp3) is 0.158. The number of halogens is 1. The fourth-order valence-corrected chi connectivity index (χ4v) is 3.35. The summed E-state index contributed by atoms with van der Waals surface area (Å²) < 4.78 is 5.42. The third kappa shape index (κ3) is 2.76. The molecule has 1 aliphatic heterocycles. The molecule has 0 saturated carbocycles. The number of aromatic hydroxyl groups is 1. The van der Waals surface area contributed by atoms with Gasteiger partial charge in [-0.3, -0.25) is 4.79 Å². The smallest absolute Gasteiger partial charge is 0.344 e. The van der Waals surface area contributed by atoms with Crippen LogP contribution in [0.3, 0.4) is 0 Å². The van der Waals surface area contributed by atoms with E-state index in [-0.39, 0.29) is 11.7 Å². The van der Waals surface area contributed by atoms with Crippen LogP contribution < -0.4 is 10.5 Å². The molecule has 1 aromatic heterocycles. The highest BCUT2D eigenvalue weighted by Crippen LogP contribution is 2.33. The number of amides is 1. The first-order valence-corrected chi connectivity index (χ1v) is 8.28. The molecule has 4 rings (SSSR count). The summed E-state index contributed by atoms with van der Waals surface area (Å²) in [5, 5.41) is 10.7. The number of benzene rings is 2. The second kappa shape index (κ2) is 5.93. The van der Waals surface area contributed by atoms with Crippen LogP contribution in [0.1, 0.15) is 12.8 Å². The summed E-state index contributed by atoms with van der Waals surface area (Å²) >= 11 is 6.39. The average Bonchev–Trinajstić information content (AvgIpc) is 3.02. The Balaban J connectivity index is 1.87. The third-order valence-corrected chi connectivity index (χ3v) is 4.66. The number of anilines is 1. The van der Waals surface area contributed by atoms with Crippen LogP contribution in [0.4, 0.5) is 5.69 Å². The van der Waals surface area contributed by atoms with Crippen LogP contribution in [0.5, 0.6) is 5.75 Å². The van der Waals surface area contributed by atoms with Crippen molar-refractivity contribution >= 4 is 34.0 Å². The van der Waals surface area contributed by atoms with Crippen molar-refractivity contribution in [2.75, 3.05) is 11.4 Å². The Kier molecular flexibility index (Phi) is 3.73. The van der Waals surface area contributed by atoms with Gasteiger partial charge >= 0.3 is 5.63 Å². The van der Waals surface area contributed by atoms with Gasteiger partial charge in [-0.05, 0) is 48.9 Å². The monoisotopic (exact) mass is 355 g/mol. The van der Waals surface area contributed by atoms with E-state index in [1.807, 2.05) is 0 Å². The maximum atomic E-state index is 12.5. The summed E-state index contributed by atoms with van der Waals surface area (Å²) in [4.78, 5) is 26.0. The Bertz CT molecular complexity index is 1040. The minimum atomic E-state index is -0.518. The number of fused-ring (bicyclic) bond motifs is 1. The molecule has 5 nitrogen and oxygen atoms in total. The number of rotatable bonds is 2. The van der Waals surface area contributed by atoms with E-state index < -0.39 is 5.63 Å². The van der Waals surface area contributed by atoms with Gasteiger partial charge in [-0.1, -0.05) is 11.6 Å². The lowest BCUT2D eigenvalue weighted by molar-refractivity contribution is -0.117. The van der Waals surface area contributed by atoms with E-state index in [1.54, 1.807) is 35.2 Å². The molecule has 3 aromatic rings. The van der Waals surface area contributed by atoms with E-state index in [4.69, 9.17) is 16.0 Å². The van der Waals surface area contributed by atoms with Crippen molar-refractivity contribution in [1.82, 2.24) is 0 Å². The Labute approximate surface area is 148 Å². The van der Waals surface area contributed by atoms with Gasteiger partial charge in [0.05, 0.1) is 10.4 Å². The molecular weight excluding hydrogens is 342 g/mol. The van der Waals surface area contributed by atoms with E-state index in [9.17, 15) is 14.7 Å². The summed E-state index contributed by atoms with van der Waals surface area (Å²) in [5.74, 6) is 0.523. The number of nitrogens with zero attached hydrogens (tertiary/aromatic N) is 1. The Hall–Kier alpha value is -2.79. The van der Waals surface area contributed by atoms with Gasteiger partial charge in [0.1, 0.15) is 11.5 Å². The van der Waals surface area contributed by atoms with Crippen LogP contribution in [0.25, 0.3) is 22.1 Å². The predicted octanol–water partition coefficient (Wildman–Crippen LogP) is 3.95. The number of carbonyl (C=O) groups is 1. The van der Waals surface area contributed by atoms with Gasteiger partial charge in [-0.25, -0.2) is 4.79 Å². The molecule has 0 atom stereocenters. The molecule has 1 amide bonds. The van der Waals surface area contributed by atoms with Crippen LogP contribution in [-0.2, 0) is 4.79 Å². The number of phenols is 1. The summed E-state index contributed by atoms with van der Waals surface area (Å²) in [6, 6.07) is 11.4. The molecule has 1 fully saturated rings. The molecule has 1 saturated heterocycles. The van der Waals surface area contributed by atoms with Crippen molar-refractivity contribution in [1.29, 1.82) is 0 Å². The topological polar surface area (TPSA) is 70.8 Å². The zero-order valence-corrected chi connectivity index (χ0v) is 13.9. The first-order chi connectivity index (χ1) is 12.0. The molecule has 25 heavy (non-hydrogen) atoms. The van der Waals surface area contributed by atoms with Gasteiger partial charge in [0.25, 0.3) is 0 Å². The molecular formula is C19H14ClNO4. The second-order valence-electron chi connectivity index (χ2n) is 5.98. The van der Waals surface area contributed by atoms with E-state index >= 15 is 0 Å². The predicted molar refractivity (Wildman–Crippen MR) is 96.2 cm³/mol. The maximum absolute atomic E-state index is 12.5. The van der Waals surface area contributed by atoms with E-state index in [2.05, 4.69) is 0 Å². The highest BCUT2D eigenvalue weighted by atomic mass is 35.5. The lowest BCUT2D eigenvalue weighted by Gasteiger charge is -2.17. The van der Waals surface area contributed by atoms with E-state index in [1.165, 1.54) is 12.1 Å². The Morgan fingerprint density at radius 3 is 2.48 bits per heavy atom. The SMILES string of the molecule is O=C1CCCN1c1cc(Cl)c2cc(-c3ccc(O)cc3)oc(=O)c2c1. The first-order valence-electron chi connectivity index (χ1n) is 7.90. The molecule has 126 valence electrons. The fourth-order valence-electron chi connectivity index (χ4n) is 3.08. The molecule has 2 aromatic carbocycles. The van der Waals surface area contributed by atoms with Crippen LogP contribution in [0, 0.1) is 0 Å². The van der Waals surface area contributed by atoms with Crippen molar-refractivity contribution in [2.24, 2.45) is 0 Å². The summed E-state index contributed by atoms with van der Waals surface area (Å²) in [6.07, 6.45) is 1.30. The largest absolute Gasteiger partial charge is 0.508 e. The van der Waals surface area contributed by atoms with Crippen molar-refractivity contribution in [3.8, 4) is 17.1 Å². The third-order valence-electron chi connectivity index (χ3n) is 4.35. The maximum Gasteiger partial charge on any atom is 0.344 e. The molecule has 0 spiro atoms. The van der Waals surface area contributed by atoms with Crippen LogP contribution in [0.2, 0.25) is 5.02 Å². The number of hydrogen-bond acceptors (Lipinski definition) is 4. The summed E-state index contributed by atoms with van der Waals surface area (Å²) in [5.41, 5.74) is 0.757. The molecule has 2 heterocycles. The quantitative estimate of drug-likeness (QED) is 0.755. The van der Waals surface area contributed by atoms with Gasteiger partial charge < -0.3 is 14.4 Å². The zero-order chi connectivity index (χ0) is 17.6. The van der Waals surface area contributed by atoms with Gasteiger partial charge in [0.2, 0.25) is 5.91 Å². The molecule has 0 unspecified atom stereocenters. The van der Waals surface area contributed by atoms with Crippen molar-refractivity contribution < 1.29 is 14.3 Å². The summed E-state index contributed by atoms with van der Waals surface area (Å²) in [7, 11) is 0. The Morgan fingerprint density at radius 1 is 1.04 bits per heavy atom. The number of carbonyl (C=O) groups excluding carboxylic acids is 1. The van der Waals surface area contributed by atoms with Crippen LogP contribution in [-0.4, -0.2) is 17.6 Å². The Morgan fingerprint density at radius 2 is 1.80 bits per heavy atom. The number of phenolic OH excluding ortho intramolecular Hbond substituents is 1. The highest BCUT2D eigenvalue weighted by molar-refractivity contribution is 6.36. The molecule has 0 radical (unpaired) electrons.